The SMILES string of the molecule is COC(=O)c1cccc(NC(=O)CC(C)C)c1O. The second-order valence-electron chi connectivity index (χ2n) is 4.34. The number of amides is 1. The van der Waals surface area contributed by atoms with E-state index in [1.807, 2.05) is 13.8 Å². The third-order valence-corrected chi connectivity index (χ3v) is 2.31. The molecular formula is C13H17NO4. The lowest BCUT2D eigenvalue weighted by atomic mass is 10.1. The molecule has 0 aliphatic rings. The lowest BCUT2D eigenvalue weighted by Gasteiger charge is -2.10. The number of para-hydroxylation sites is 1. The first-order chi connectivity index (χ1) is 8.45. The minimum absolute atomic E-state index is 0.0276. The second-order valence-corrected chi connectivity index (χ2v) is 4.34. The number of anilines is 1. The summed E-state index contributed by atoms with van der Waals surface area (Å²) in [6.07, 6.45) is 0.349. The van der Waals surface area contributed by atoms with E-state index < -0.39 is 5.97 Å². The molecular weight excluding hydrogens is 234 g/mol. The summed E-state index contributed by atoms with van der Waals surface area (Å²) in [5.41, 5.74) is 0.239. The fraction of sp³-hybridized carbons (Fsp3) is 0.385. The molecule has 1 rings (SSSR count). The van der Waals surface area contributed by atoms with Crippen LogP contribution in [0.4, 0.5) is 5.69 Å². The van der Waals surface area contributed by atoms with Crippen molar-refractivity contribution in [2.24, 2.45) is 5.92 Å². The Hall–Kier alpha value is -2.04. The Balaban J connectivity index is 2.91. The van der Waals surface area contributed by atoms with E-state index in [0.717, 1.165) is 0 Å². The number of benzene rings is 1. The van der Waals surface area contributed by atoms with Gasteiger partial charge in [-0.3, -0.25) is 4.79 Å². The van der Waals surface area contributed by atoms with E-state index >= 15 is 0 Å². The summed E-state index contributed by atoms with van der Waals surface area (Å²) in [4.78, 5) is 22.9. The lowest BCUT2D eigenvalue weighted by molar-refractivity contribution is -0.116. The van der Waals surface area contributed by atoms with Crippen molar-refractivity contribution in [1.29, 1.82) is 0 Å². The normalized spacial score (nSPS) is 10.2. The number of phenols is 1. The number of rotatable bonds is 4. The summed E-state index contributed by atoms with van der Waals surface area (Å²) in [6.45, 7) is 3.84. The van der Waals surface area contributed by atoms with Crippen LogP contribution in [0.2, 0.25) is 0 Å². The number of aromatic hydroxyl groups is 1. The Morgan fingerprint density at radius 3 is 2.61 bits per heavy atom. The topological polar surface area (TPSA) is 75.6 Å². The van der Waals surface area contributed by atoms with Crippen LogP contribution in [0, 0.1) is 5.92 Å². The first-order valence-corrected chi connectivity index (χ1v) is 5.65. The highest BCUT2D eigenvalue weighted by Crippen LogP contribution is 2.28. The van der Waals surface area contributed by atoms with Crippen LogP contribution in [0.3, 0.4) is 0 Å². The van der Waals surface area contributed by atoms with Gasteiger partial charge < -0.3 is 15.2 Å². The molecule has 0 spiro atoms. The van der Waals surface area contributed by atoms with Crippen molar-refractivity contribution >= 4 is 17.6 Å². The van der Waals surface area contributed by atoms with Crippen LogP contribution in [0.5, 0.6) is 5.75 Å². The summed E-state index contributed by atoms with van der Waals surface area (Å²) >= 11 is 0. The van der Waals surface area contributed by atoms with Gasteiger partial charge in [-0.2, -0.15) is 0 Å². The van der Waals surface area contributed by atoms with E-state index in [9.17, 15) is 14.7 Å². The van der Waals surface area contributed by atoms with Crippen LogP contribution in [-0.4, -0.2) is 24.1 Å². The van der Waals surface area contributed by atoms with Crippen LogP contribution in [-0.2, 0) is 9.53 Å². The predicted octanol–water partition coefficient (Wildman–Crippen LogP) is 2.16. The van der Waals surface area contributed by atoms with Gasteiger partial charge in [0.2, 0.25) is 5.91 Å². The number of methoxy groups -OCH3 is 1. The van der Waals surface area contributed by atoms with Crippen LogP contribution in [0.25, 0.3) is 0 Å². The van der Waals surface area contributed by atoms with Gasteiger partial charge in [0.15, 0.2) is 5.75 Å². The second kappa shape index (κ2) is 6.05. The zero-order chi connectivity index (χ0) is 13.7. The minimum atomic E-state index is -0.646. The van der Waals surface area contributed by atoms with Crippen molar-refractivity contribution in [3.05, 3.63) is 23.8 Å². The molecule has 0 unspecified atom stereocenters. The van der Waals surface area contributed by atoms with Crippen molar-refractivity contribution in [3.63, 3.8) is 0 Å². The van der Waals surface area contributed by atoms with Gasteiger partial charge in [0.25, 0.3) is 0 Å². The summed E-state index contributed by atoms with van der Waals surface area (Å²) in [6, 6.07) is 4.52. The average molecular weight is 251 g/mol. The van der Waals surface area contributed by atoms with Crippen molar-refractivity contribution < 1.29 is 19.4 Å². The van der Waals surface area contributed by atoms with E-state index in [0.29, 0.717) is 6.42 Å². The van der Waals surface area contributed by atoms with Crippen LogP contribution in [0.1, 0.15) is 30.6 Å². The number of nitrogens with one attached hydrogen (secondary N) is 1. The number of carbonyl (C=O) groups is 2. The Morgan fingerprint density at radius 1 is 1.39 bits per heavy atom. The maximum absolute atomic E-state index is 11.6. The van der Waals surface area contributed by atoms with Crippen molar-refractivity contribution in [3.8, 4) is 5.75 Å². The molecule has 5 nitrogen and oxygen atoms in total. The highest BCUT2D eigenvalue weighted by molar-refractivity contribution is 5.98. The molecule has 0 fully saturated rings. The van der Waals surface area contributed by atoms with Crippen molar-refractivity contribution in [2.75, 3.05) is 12.4 Å². The molecule has 0 atom stereocenters. The van der Waals surface area contributed by atoms with E-state index in [1.165, 1.54) is 19.2 Å². The number of esters is 1. The molecule has 5 heteroatoms. The predicted molar refractivity (Wildman–Crippen MR) is 67.5 cm³/mol. The maximum atomic E-state index is 11.6. The maximum Gasteiger partial charge on any atom is 0.341 e. The third-order valence-electron chi connectivity index (χ3n) is 2.31. The minimum Gasteiger partial charge on any atom is -0.505 e. The van der Waals surface area contributed by atoms with Crippen LogP contribution >= 0.6 is 0 Å². The Labute approximate surface area is 106 Å². The molecule has 0 saturated heterocycles. The van der Waals surface area contributed by atoms with E-state index in [2.05, 4.69) is 10.1 Å². The highest BCUT2D eigenvalue weighted by Gasteiger charge is 2.16. The molecule has 1 aromatic carbocycles. The van der Waals surface area contributed by atoms with Crippen LogP contribution < -0.4 is 5.32 Å². The van der Waals surface area contributed by atoms with E-state index in [4.69, 9.17) is 0 Å². The summed E-state index contributed by atoms with van der Waals surface area (Å²) in [5, 5.41) is 12.4. The van der Waals surface area contributed by atoms with E-state index in [1.54, 1.807) is 6.07 Å². The monoisotopic (exact) mass is 251 g/mol. The molecule has 98 valence electrons. The molecule has 0 aliphatic heterocycles. The fourth-order valence-electron chi connectivity index (χ4n) is 1.49. The third kappa shape index (κ3) is 3.48. The molecule has 0 bridgehead atoms. The summed E-state index contributed by atoms with van der Waals surface area (Å²) in [5.74, 6) is -0.910. The van der Waals surface area contributed by atoms with Crippen molar-refractivity contribution in [2.45, 2.75) is 20.3 Å². The molecule has 0 heterocycles. The molecule has 18 heavy (non-hydrogen) atoms. The summed E-state index contributed by atoms with van der Waals surface area (Å²) < 4.78 is 4.53. The first-order valence-electron chi connectivity index (χ1n) is 5.65. The molecule has 1 amide bonds. The lowest BCUT2D eigenvalue weighted by Crippen LogP contribution is -2.14. The van der Waals surface area contributed by atoms with Gasteiger partial charge in [-0.05, 0) is 18.1 Å². The molecule has 0 saturated carbocycles. The molecule has 0 radical (unpaired) electrons. The van der Waals surface area contributed by atoms with Gasteiger partial charge in [-0.1, -0.05) is 19.9 Å². The van der Waals surface area contributed by atoms with Gasteiger partial charge in [0, 0.05) is 6.42 Å². The van der Waals surface area contributed by atoms with Gasteiger partial charge in [-0.15, -0.1) is 0 Å². The van der Waals surface area contributed by atoms with Gasteiger partial charge in [0.05, 0.1) is 12.8 Å². The van der Waals surface area contributed by atoms with Crippen molar-refractivity contribution in [1.82, 2.24) is 0 Å². The Morgan fingerprint density at radius 2 is 2.06 bits per heavy atom. The largest absolute Gasteiger partial charge is 0.505 e. The van der Waals surface area contributed by atoms with Crippen LogP contribution in [0.15, 0.2) is 18.2 Å². The molecule has 0 aliphatic carbocycles. The number of carbonyl (C=O) groups excluding carboxylic acids is 2. The van der Waals surface area contributed by atoms with Gasteiger partial charge in [-0.25, -0.2) is 4.79 Å². The number of hydrogen-bond acceptors (Lipinski definition) is 4. The highest BCUT2D eigenvalue weighted by atomic mass is 16.5. The Kier molecular flexibility index (Phi) is 4.71. The smallest absolute Gasteiger partial charge is 0.341 e. The molecule has 2 N–H and O–H groups in total. The molecule has 0 aromatic heterocycles. The molecule has 1 aromatic rings. The number of phenolic OH excluding ortho intramolecular Hbond substituents is 1. The van der Waals surface area contributed by atoms with Gasteiger partial charge >= 0.3 is 5.97 Å². The standard InChI is InChI=1S/C13H17NO4/c1-8(2)7-11(15)14-10-6-4-5-9(12(10)16)13(17)18-3/h4-6,8,16H,7H2,1-3H3,(H,14,15). The quantitative estimate of drug-likeness (QED) is 0.635. The first kappa shape index (κ1) is 14.0. The van der Waals surface area contributed by atoms with Gasteiger partial charge in [0.1, 0.15) is 5.56 Å². The zero-order valence-corrected chi connectivity index (χ0v) is 10.7. The Bertz CT molecular complexity index is 454. The zero-order valence-electron chi connectivity index (χ0n) is 10.7. The summed E-state index contributed by atoms with van der Waals surface area (Å²) in [7, 11) is 1.23. The average Bonchev–Trinajstić information content (AvgIpc) is 2.30. The fourth-order valence-corrected chi connectivity index (χ4v) is 1.49. The van der Waals surface area contributed by atoms with E-state index in [-0.39, 0.29) is 28.8 Å². The number of hydrogen-bond donors (Lipinski definition) is 2. The number of ether oxygens (including phenoxy) is 1.